The van der Waals surface area contributed by atoms with Gasteiger partial charge in [-0.15, -0.1) is 0 Å². The summed E-state index contributed by atoms with van der Waals surface area (Å²) in [6.07, 6.45) is 0.650. The van der Waals surface area contributed by atoms with Crippen molar-refractivity contribution >= 4 is 5.84 Å². The van der Waals surface area contributed by atoms with E-state index in [2.05, 4.69) is 46.6 Å². The van der Waals surface area contributed by atoms with Gasteiger partial charge in [0.2, 0.25) is 0 Å². The van der Waals surface area contributed by atoms with Crippen molar-refractivity contribution < 1.29 is 0 Å². The summed E-state index contributed by atoms with van der Waals surface area (Å²) in [5.74, 6) is 0.269. The molecule has 2 unspecified atom stereocenters. The first-order chi connectivity index (χ1) is 6.16. The molecule has 0 amide bonds. The molecular formula is C11H25N3. The van der Waals surface area contributed by atoms with Crippen LogP contribution in [0.5, 0.6) is 0 Å². The maximum absolute atomic E-state index is 7.27. The number of nitrogens with one attached hydrogen (secondary N) is 1. The Labute approximate surface area is 88.2 Å². The lowest BCUT2D eigenvalue weighted by atomic mass is 9.86. The Bertz CT molecular complexity index is 193. The van der Waals surface area contributed by atoms with Gasteiger partial charge in [0.25, 0.3) is 0 Å². The van der Waals surface area contributed by atoms with Gasteiger partial charge in [0.15, 0.2) is 0 Å². The van der Waals surface area contributed by atoms with Crippen LogP contribution in [0.4, 0.5) is 0 Å². The summed E-state index contributed by atoms with van der Waals surface area (Å²) in [5.41, 5.74) is 5.66. The van der Waals surface area contributed by atoms with Gasteiger partial charge in [-0.3, -0.25) is 5.41 Å². The second-order valence-corrected chi connectivity index (χ2v) is 5.29. The van der Waals surface area contributed by atoms with E-state index in [9.17, 15) is 0 Å². The first kappa shape index (κ1) is 13.4. The van der Waals surface area contributed by atoms with Crippen LogP contribution < -0.4 is 5.73 Å². The molecule has 0 radical (unpaired) electrons. The van der Waals surface area contributed by atoms with Crippen molar-refractivity contribution in [3.8, 4) is 0 Å². The molecule has 0 aromatic carbocycles. The average molecular weight is 199 g/mol. The Morgan fingerprint density at radius 3 is 2.07 bits per heavy atom. The van der Waals surface area contributed by atoms with Gasteiger partial charge < -0.3 is 10.6 Å². The zero-order valence-corrected chi connectivity index (χ0v) is 10.4. The van der Waals surface area contributed by atoms with Gasteiger partial charge in [0.05, 0.1) is 5.84 Å². The fourth-order valence-corrected chi connectivity index (χ4v) is 1.45. The first-order valence-electron chi connectivity index (χ1n) is 5.21. The number of amidine groups is 1. The standard InChI is InChI=1S/C11H25N3/c1-8(7-10(12)13)14(6)9(2)11(3,4)5/h8-9H,7H2,1-6H3,(H3,12,13). The smallest absolute Gasteiger partial charge is 0.0920 e. The molecule has 0 heterocycles. The van der Waals surface area contributed by atoms with Gasteiger partial charge in [0.1, 0.15) is 0 Å². The molecule has 0 fully saturated rings. The highest BCUT2D eigenvalue weighted by atomic mass is 15.2. The third kappa shape index (κ3) is 4.09. The van der Waals surface area contributed by atoms with Gasteiger partial charge in [0, 0.05) is 18.5 Å². The van der Waals surface area contributed by atoms with Gasteiger partial charge in [-0.2, -0.15) is 0 Å². The minimum Gasteiger partial charge on any atom is -0.388 e. The summed E-state index contributed by atoms with van der Waals surface area (Å²) in [4.78, 5) is 2.29. The summed E-state index contributed by atoms with van der Waals surface area (Å²) in [7, 11) is 2.10. The highest BCUT2D eigenvalue weighted by molar-refractivity contribution is 5.77. The van der Waals surface area contributed by atoms with E-state index in [0.29, 0.717) is 18.5 Å². The summed E-state index contributed by atoms with van der Waals surface area (Å²) in [6.45, 7) is 11.0. The molecular weight excluding hydrogens is 174 g/mol. The van der Waals surface area contributed by atoms with E-state index in [-0.39, 0.29) is 11.3 Å². The molecule has 3 nitrogen and oxygen atoms in total. The molecule has 0 aliphatic rings. The van der Waals surface area contributed by atoms with E-state index in [1.54, 1.807) is 0 Å². The summed E-state index contributed by atoms with van der Waals surface area (Å²) >= 11 is 0. The quantitative estimate of drug-likeness (QED) is 0.538. The molecule has 3 N–H and O–H groups in total. The lowest BCUT2D eigenvalue weighted by Crippen LogP contribution is -2.45. The van der Waals surface area contributed by atoms with Crippen molar-refractivity contribution in [2.24, 2.45) is 11.1 Å². The zero-order valence-electron chi connectivity index (χ0n) is 10.4. The number of hydrogen-bond donors (Lipinski definition) is 2. The maximum Gasteiger partial charge on any atom is 0.0920 e. The average Bonchev–Trinajstić information content (AvgIpc) is 1.98. The summed E-state index contributed by atoms with van der Waals surface area (Å²) < 4.78 is 0. The van der Waals surface area contributed by atoms with Crippen molar-refractivity contribution in [1.82, 2.24) is 4.90 Å². The molecule has 0 aromatic heterocycles. The number of nitrogens with zero attached hydrogens (tertiary/aromatic N) is 1. The van der Waals surface area contributed by atoms with E-state index >= 15 is 0 Å². The number of rotatable bonds is 4. The van der Waals surface area contributed by atoms with Gasteiger partial charge in [-0.25, -0.2) is 0 Å². The SMILES string of the molecule is CC(CC(=N)N)N(C)C(C)C(C)(C)C. The van der Waals surface area contributed by atoms with Crippen molar-refractivity contribution in [3.05, 3.63) is 0 Å². The Balaban J connectivity index is 4.31. The molecule has 0 bridgehead atoms. The fraction of sp³-hybridized carbons (Fsp3) is 0.909. The highest BCUT2D eigenvalue weighted by Crippen LogP contribution is 2.24. The Kier molecular flexibility index (Phi) is 4.59. The van der Waals surface area contributed by atoms with Crippen LogP contribution in [0.25, 0.3) is 0 Å². The molecule has 0 saturated heterocycles. The van der Waals surface area contributed by atoms with Gasteiger partial charge in [-0.1, -0.05) is 20.8 Å². The van der Waals surface area contributed by atoms with Crippen molar-refractivity contribution in [3.63, 3.8) is 0 Å². The molecule has 0 rings (SSSR count). The van der Waals surface area contributed by atoms with Crippen LogP contribution >= 0.6 is 0 Å². The second kappa shape index (κ2) is 4.78. The summed E-state index contributed by atoms with van der Waals surface area (Å²) in [6, 6.07) is 0.818. The number of hydrogen-bond acceptors (Lipinski definition) is 2. The van der Waals surface area contributed by atoms with Crippen molar-refractivity contribution in [2.75, 3.05) is 7.05 Å². The molecule has 3 heteroatoms. The molecule has 0 spiro atoms. The molecule has 0 aliphatic heterocycles. The van der Waals surface area contributed by atoms with E-state index < -0.39 is 0 Å². The van der Waals surface area contributed by atoms with E-state index in [0.717, 1.165) is 0 Å². The normalized spacial score (nSPS) is 16.8. The molecule has 0 aromatic rings. The van der Waals surface area contributed by atoms with Gasteiger partial charge >= 0.3 is 0 Å². The van der Waals surface area contributed by atoms with E-state index in [1.165, 1.54) is 0 Å². The second-order valence-electron chi connectivity index (χ2n) is 5.29. The first-order valence-corrected chi connectivity index (χ1v) is 5.21. The molecule has 14 heavy (non-hydrogen) atoms. The zero-order chi connectivity index (χ0) is 11.5. The van der Waals surface area contributed by atoms with E-state index in [4.69, 9.17) is 11.1 Å². The minimum absolute atomic E-state index is 0.264. The van der Waals surface area contributed by atoms with Crippen molar-refractivity contribution in [1.29, 1.82) is 5.41 Å². The Morgan fingerprint density at radius 1 is 1.36 bits per heavy atom. The number of nitrogens with two attached hydrogens (primary N) is 1. The predicted octanol–water partition coefficient (Wildman–Crippen LogP) is 2.07. The third-order valence-electron chi connectivity index (χ3n) is 3.07. The van der Waals surface area contributed by atoms with Crippen LogP contribution in [-0.4, -0.2) is 29.9 Å². The minimum atomic E-state index is 0.264. The molecule has 2 atom stereocenters. The van der Waals surface area contributed by atoms with Crippen LogP contribution in [0.2, 0.25) is 0 Å². The lowest BCUT2D eigenvalue weighted by molar-refractivity contribution is 0.107. The topological polar surface area (TPSA) is 53.1 Å². The maximum atomic E-state index is 7.27. The van der Waals surface area contributed by atoms with Crippen molar-refractivity contribution in [2.45, 2.75) is 53.1 Å². The van der Waals surface area contributed by atoms with Crippen LogP contribution in [0.15, 0.2) is 0 Å². The summed E-state index contributed by atoms with van der Waals surface area (Å²) in [5, 5.41) is 7.27. The molecule has 0 aliphatic carbocycles. The molecule has 0 saturated carbocycles. The largest absolute Gasteiger partial charge is 0.388 e. The van der Waals surface area contributed by atoms with Crippen LogP contribution in [-0.2, 0) is 0 Å². The van der Waals surface area contributed by atoms with E-state index in [1.807, 2.05) is 0 Å². The lowest BCUT2D eigenvalue weighted by Gasteiger charge is -2.38. The highest BCUT2D eigenvalue weighted by Gasteiger charge is 2.26. The Morgan fingerprint density at radius 2 is 1.79 bits per heavy atom. The molecule has 84 valence electrons. The van der Waals surface area contributed by atoms with Crippen LogP contribution in [0.3, 0.4) is 0 Å². The van der Waals surface area contributed by atoms with Crippen LogP contribution in [0, 0.1) is 10.8 Å². The van der Waals surface area contributed by atoms with Crippen LogP contribution in [0.1, 0.15) is 41.0 Å². The fourth-order valence-electron chi connectivity index (χ4n) is 1.45. The Hall–Kier alpha value is -0.570. The third-order valence-corrected chi connectivity index (χ3v) is 3.07. The predicted molar refractivity (Wildman–Crippen MR) is 62.7 cm³/mol. The monoisotopic (exact) mass is 199 g/mol. The van der Waals surface area contributed by atoms with Gasteiger partial charge in [-0.05, 0) is 26.3 Å².